The number of carbonyl (C=O) groups excluding carboxylic acids is 2. The number of amides is 2. The van der Waals surface area contributed by atoms with Gasteiger partial charge in [0.1, 0.15) is 0 Å². The van der Waals surface area contributed by atoms with Crippen molar-refractivity contribution in [2.45, 2.75) is 52.9 Å². The van der Waals surface area contributed by atoms with Gasteiger partial charge < -0.3 is 0 Å². The summed E-state index contributed by atoms with van der Waals surface area (Å²) >= 11 is 0. The third-order valence-corrected chi connectivity index (χ3v) is 3.95. The van der Waals surface area contributed by atoms with Crippen LogP contribution in [0.1, 0.15) is 53.0 Å². The van der Waals surface area contributed by atoms with Crippen molar-refractivity contribution >= 4 is 17.5 Å². The van der Waals surface area contributed by atoms with Crippen LogP contribution in [0.3, 0.4) is 0 Å². The maximum Gasteiger partial charge on any atom is 0.239 e. The lowest BCUT2D eigenvalue weighted by molar-refractivity contribution is -0.136. The predicted molar refractivity (Wildman–Crippen MR) is 80.7 cm³/mol. The van der Waals surface area contributed by atoms with Crippen molar-refractivity contribution in [2.24, 2.45) is 5.41 Å². The highest BCUT2D eigenvalue weighted by atomic mass is 16.2. The van der Waals surface area contributed by atoms with Gasteiger partial charge in [-0.25, -0.2) is 4.90 Å². The maximum absolute atomic E-state index is 12.6. The van der Waals surface area contributed by atoms with Crippen molar-refractivity contribution in [1.82, 2.24) is 0 Å². The molecule has 3 heteroatoms. The minimum Gasteiger partial charge on any atom is -0.274 e. The zero-order chi connectivity index (χ0) is 15.1. The molecular weight excluding hydrogens is 250 g/mol. The number of hydrogen-bond acceptors (Lipinski definition) is 2. The highest BCUT2D eigenvalue weighted by Crippen LogP contribution is 2.38. The first-order chi connectivity index (χ1) is 9.14. The van der Waals surface area contributed by atoms with Gasteiger partial charge in [0, 0.05) is 11.8 Å². The fourth-order valence-corrected chi connectivity index (χ4v) is 2.60. The topological polar surface area (TPSA) is 37.4 Å². The Kier molecular flexibility index (Phi) is 3.49. The van der Waals surface area contributed by atoms with E-state index in [4.69, 9.17) is 0 Å². The molecule has 1 aliphatic heterocycles. The molecule has 0 N–H and O–H groups in total. The van der Waals surface area contributed by atoms with Crippen molar-refractivity contribution < 1.29 is 9.59 Å². The highest BCUT2D eigenvalue weighted by Gasteiger charge is 2.42. The van der Waals surface area contributed by atoms with Crippen LogP contribution in [0.25, 0.3) is 0 Å². The Hall–Kier alpha value is -1.64. The number of imide groups is 1. The van der Waals surface area contributed by atoms with Crippen molar-refractivity contribution in [2.75, 3.05) is 4.90 Å². The molecule has 1 aromatic rings. The molecule has 3 nitrogen and oxygen atoms in total. The average molecular weight is 273 g/mol. The van der Waals surface area contributed by atoms with Crippen LogP contribution in [0.4, 0.5) is 5.69 Å². The van der Waals surface area contributed by atoms with Crippen LogP contribution in [-0.2, 0) is 15.0 Å². The Morgan fingerprint density at radius 2 is 1.70 bits per heavy atom. The van der Waals surface area contributed by atoms with Gasteiger partial charge >= 0.3 is 0 Å². The van der Waals surface area contributed by atoms with Crippen molar-refractivity contribution in [3.05, 3.63) is 29.8 Å². The molecule has 0 spiro atoms. The van der Waals surface area contributed by atoms with E-state index in [1.54, 1.807) is 0 Å². The summed E-state index contributed by atoms with van der Waals surface area (Å²) in [5.74, 6) is -0.184. The van der Waals surface area contributed by atoms with E-state index >= 15 is 0 Å². The number of rotatable bonds is 1. The van der Waals surface area contributed by atoms with Crippen LogP contribution < -0.4 is 4.90 Å². The summed E-state index contributed by atoms with van der Waals surface area (Å²) in [7, 11) is 0. The molecular formula is C17H23NO2. The summed E-state index contributed by atoms with van der Waals surface area (Å²) in [6.07, 6.45) is 1.05. The van der Waals surface area contributed by atoms with Crippen LogP contribution in [0.2, 0.25) is 0 Å². The summed E-state index contributed by atoms with van der Waals surface area (Å²) in [5.41, 5.74) is 1.18. The molecule has 2 amide bonds. The van der Waals surface area contributed by atoms with Crippen molar-refractivity contribution in [1.29, 1.82) is 0 Å². The van der Waals surface area contributed by atoms with Crippen molar-refractivity contribution in [3.8, 4) is 0 Å². The number of piperidine rings is 1. The number of hydrogen-bond donors (Lipinski definition) is 0. The van der Waals surface area contributed by atoms with E-state index in [1.165, 1.54) is 4.90 Å². The molecule has 0 saturated carbocycles. The first-order valence-corrected chi connectivity index (χ1v) is 7.11. The summed E-state index contributed by atoms with van der Waals surface area (Å²) in [6, 6.07) is 7.70. The van der Waals surface area contributed by atoms with Gasteiger partial charge in [0.15, 0.2) is 0 Å². The van der Waals surface area contributed by atoms with E-state index in [-0.39, 0.29) is 17.2 Å². The van der Waals surface area contributed by atoms with Crippen LogP contribution in [0, 0.1) is 5.41 Å². The third-order valence-electron chi connectivity index (χ3n) is 3.95. The second-order valence-corrected chi connectivity index (χ2v) is 7.19. The van der Waals surface area contributed by atoms with Crippen LogP contribution in [-0.4, -0.2) is 11.8 Å². The molecule has 0 aromatic heterocycles. The number of benzene rings is 1. The van der Waals surface area contributed by atoms with Crippen molar-refractivity contribution in [3.63, 3.8) is 0 Å². The second-order valence-electron chi connectivity index (χ2n) is 7.19. The number of nitrogens with zero attached hydrogens (tertiary/aromatic N) is 1. The fourth-order valence-electron chi connectivity index (χ4n) is 2.60. The molecule has 20 heavy (non-hydrogen) atoms. The molecule has 1 saturated heterocycles. The standard InChI is InChI=1S/C17H23NO2/c1-16(2,3)12-8-6-7-9-13(12)18-14(19)10-11-17(4,5)15(18)20/h6-9H,10-11H2,1-5H3. The van der Waals surface area contributed by atoms with Gasteiger partial charge in [-0.2, -0.15) is 0 Å². The summed E-state index contributed by atoms with van der Waals surface area (Å²) in [4.78, 5) is 26.3. The smallest absolute Gasteiger partial charge is 0.239 e. The Labute approximate surface area is 121 Å². The summed E-state index contributed by atoms with van der Waals surface area (Å²) in [5, 5.41) is 0. The van der Waals surface area contributed by atoms with E-state index in [2.05, 4.69) is 20.8 Å². The molecule has 108 valence electrons. The van der Waals surface area contributed by atoms with Crippen LogP contribution >= 0.6 is 0 Å². The molecule has 2 rings (SSSR count). The normalized spacial score (nSPS) is 19.4. The van der Waals surface area contributed by atoms with Gasteiger partial charge in [0.25, 0.3) is 0 Å². The second kappa shape index (κ2) is 4.72. The van der Waals surface area contributed by atoms with E-state index in [0.717, 1.165) is 11.3 Å². The number of anilines is 1. The Morgan fingerprint density at radius 1 is 1.10 bits per heavy atom. The van der Waals surface area contributed by atoms with Gasteiger partial charge in [-0.1, -0.05) is 52.8 Å². The van der Waals surface area contributed by atoms with E-state index in [0.29, 0.717) is 12.8 Å². The minimum absolute atomic E-state index is 0.0916. The lowest BCUT2D eigenvalue weighted by Gasteiger charge is -2.37. The number of para-hydroxylation sites is 1. The molecule has 0 radical (unpaired) electrons. The number of carbonyl (C=O) groups is 2. The SMILES string of the molecule is CC1(C)CCC(=O)N(c2ccccc2C(C)(C)C)C1=O. The van der Waals surface area contributed by atoms with Gasteiger partial charge in [0.2, 0.25) is 11.8 Å². The molecule has 1 heterocycles. The maximum atomic E-state index is 12.6. The monoisotopic (exact) mass is 273 g/mol. The summed E-state index contributed by atoms with van der Waals surface area (Å²) < 4.78 is 0. The largest absolute Gasteiger partial charge is 0.274 e. The zero-order valence-corrected chi connectivity index (χ0v) is 13.0. The first kappa shape index (κ1) is 14.8. The van der Waals surface area contributed by atoms with E-state index in [1.807, 2.05) is 38.1 Å². The quantitative estimate of drug-likeness (QED) is 0.732. The zero-order valence-electron chi connectivity index (χ0n) is 13.0. The Morgan fingerprint density at radius 3 is 2.30 bits per heavy atom. The predicted octanol–water partition coefficient (Wildman–Crippen LogP) is 3.66. The van der Waals surface area contributed by atoms with Gasteiger partial charge in [-0.3, -0.25) is 9.59 Å². The average Bonchev–Trinajstić information content (AvgIpc) is 2.34. The van der Waals surface area contributed by atoms with E-state index in [9.17, 15) is 9.59 Å². The van der Waals surface area contributed by atoms with Gasteiger partial charge in [-0.05, 0) is 23.5 Å². The molecule has 1 aliphatic rings. The van der Waals surface area contributed by atoms with E-state index < -0.39 is 5.41 Å². The molecule has 0 unspecified atom stereocenters. The molecule has 0 aliphatic carbocycles. The van der Waals surface area contributed by atoms with Crippen LogP contribution in [0.5, 0.6) is 0 Å². The Balaban J connectivity index is 2.55. The lowest BCUT2D eigenvalue weighted by Crippen LogP contribution is -2.50. The fraction of sp³-hybridized carbons (Fsp3) is 0.529. The van der Waals surface area contributed by atoms with Gasteiger partial charge in [0.05, 0.1) is 5.69 Å². The summed E-state index contributed by atoms with van der Waals surface area (Å²) in [6.45, 7) is 10.1. The molecule has 1 aromatic carbocycles. The Bertz CT molecular complexity index is 552. The molecule has 0 bridgehead atoms. The van der Waals surface area contributed by atoms with Gasteiger partial charge in [-0.15, -0.1) is 0 Å². The highest BCUT2D eigenvalue weighted by molar-refractivity contribution is 6.18. The minimum atomic E-state index is -0.473. The first-order valence-electron chi connectivity index (χ1n) is 7.11. The van der Waals surface area contributed by atoms with Crippen LogP contribution in [0.15, 0.2) is 24.3 Å². The molecule has 0 atom stereocenters. The lowest BCUT2D eigenvalue weighted by atomic mass is 9.80. The molecule has 1 fully saturated rings. The third kappa shape index (κ3) is 2.49.